The van der Waals surface area contributed by atoms with Crippen molar-refractivity contribution in [1.82, 2.24) is 10.7 Å². The van der Waals surface area contributed by atoms with Crippen molar-refractivity contribution in [3.63, 3.8) is 0 Å². The Labute approximate surface area is 181 Å². The molecular formula is C23H25N3O5. The molecule has 2 aromatic rings. The van der Waals surface area contributed by atoms with E-state index in [1.54, 1.807) is 56.5 Å². The average molecular weight is 423 g/mol. The summed E-state index contributed by atoms with van der Waals surface area (Å²) in [6.45, 7) is 1.63. The van der Waals surface area contributed by atoms with E-state index in [2.05, 4.69) is 21.8 Å². The van der Waals surface area contributed by atoms with Gasteiger partial charge in [-0.1, -0.05) is 24.1 Å². The number of rotatable bonds is 10. The first-order chi connectivity index (χ1) is 15.0. The van der Waals surface area contributed by atoms with E-state index in [4.69, 9.17) is 20.6 Å². The van der Waals surface area contributed by atoms with Crippen molar-refractivity contribution in [3.8, 4) is 29.6 Å². The van der Waals surface area contributed by atoms with Crippen LogP contribution < -0.4 is 25.0 Å². The van der Waals surface area contributed by atoms with E-state index < -0.39 is 11.9 Å². The maximum atomic E-state index is 12.2. The minimum atomic E-state index is -0.773. The summed E-state index contributed by atoms with van der Waals surface area (Å²) in [4.78, 5) is 24.4. The molecule has 2 N–H and O–H groups in total. The van der Waals surface area contributed by atoms with Gasteiger partial charge in [0.25, 0.3) is 5.91 Å². The van der Waals surface area contributed by atoms with Gasteiger partial charge in [0, 0.05) is 5.56 Å². The smallest absolute Gasteiger partial charge is 0.262 e. The molecule has 2 rings (SSSR count). The molecular weight excluding hydrogens is 398 g/mol. The van der Waals surface area contributed by atoms with Gasteiger partial charge < -0.3 is 19.5 Å². The molecule has 0 spiro atoms. The fourth-order valence-electron chi connectivity index (χ4n) is 2.61. The van der Waals surface area contributed by atoms with Crippen LogP contribution in [0.4, 0.5) is 0 Å². The van der Waals surface area contributed by atoms with Crippen LogP contribution in [0, 0.1) is 12.3 Å². The highest BCUT2D eigenvalue weighted by molar-refractivity contribution is 5.90. The number of carbonyl (C=O) groups is 2. The van der Waals surface area contributed by atoms with Crippen molar-refractivity contribution >= 4 is 18.0 Å². The van der Waals surface area contributed by atoms with E-state index >= 15 is 0 Å². The summed E-state index contributed by atoms with van der Waals surface area (Å²) in [6, 6.07) is 11.6. The quantitative estimate of drug-likeness (QED) is 0.346. The van der Waals surface area contributed by atoms with Crippen LogP contribution in [0.3, 0.4) is 0 Å². The second-order valence-electron chi connectivity index (χ2n) is 6.42. The van der Waals surface area contributed by atoms with E-state index in [0.717, 1.165) is 5.56 Å². The molecule has 0 bridgehead atoms. The number of benzene rings is 2. The highest BCUT2D eigenvalue weighted by Crippen LogP contribution is 2.29. The van der Waals surface area contributed by atoms with Crippen LogP contribution in [0.5, 0.6) is 17.2 Å². The normalized spacial score (nSPS) is 11.3. The molecule has 0 aliphatic carbocycles. The predicted octanol–water partition coefficient (Wildman–Crippen LogP) is 1.91. The van der Waals surface area contributed by atoms with E-state index in [-0.39, 0.29) is 18.9 Å². The molecule has 162 valence electrons. The van der Waals surface area contributed by atoms with Crippen LogP contribution in [-0.4, -0.2) is 44.9 Å². The number of carbonyl (C=O) groups excluding carboxylic acids is 2. The first-order valence-electron chi connectivity index (χ1n) is 9.47. The monoisotopic (exact) mass is 423 g/mol. The number of para-hydroxylation sites is 1. The Bertz CT molecular complexity index is 964. The van der Waals surface area contributed by atoms with Crippen LogP contribution in [0.25, 0.3) is 0 Å². The van der Waals surface area contributed by atoms with Gasteiger partial charge in [-0.15, -0.1) is 6.42 Å². The van der Waals surface area contributed by atoms with E-state index in [1.165, 1.54) is 13.3 Å². The van der Waals surface area contributed by atoms with Crippen molar-refractivity contribution in [2.45, 2.75) is 19.4 Å². The van der Waals surface area contributed by atoms with Gasteiger partial charge in [0.1, 0.15) is 18.4 Å². The van der Waals surface area contributed by atoms with Crippen molar-refractivity contribution in [2.75, 3.05) is 20.8 Å². The molecule has 0 aromatic heterocycles. The number of nitrogens with zero attached hydrogens (tertiary/aromatic N) is 1. The summed E-state index contributed by atoms with van der Waals surface area (Å²) in [6.07, 6.45) is 6.80. The molecule has 0 aliphatic heterocycles. The second-order valence-corrected chi connectivity index (χ2v) is 6.42. The second kappa shape index (κ2) is 11.9. The third-order valence-corrected chi connectivity index (χ3v) is 4.20. The minimum absolute atomic E-state index is 0.0604. The van der Waals surface area contributed by atoms with Crippen molar-refractivity contribution in [2.24, 2.45) is 5.10 Å². The van der Waals surface area contributed by atoms with Crippen molar-refractivity contribution in [1.29, 1.82) is 0 Å². The summed E-state index contributed by atoms with van der Waals surface area (Å²) < 4.78 is 15.9. The highest BCUT2D eigenvalue weighted by atomic mass is 16.5. The summed E-state index contributed by atoms with van der Waals surface area (Å²) in [5.41, 5.74) is 3.78. The highest BCUT2D eigenvalue weighted by Gasteiger charge is 2.15. The molecule has 0 fully saturated rings. The lowest BCUT2D eigenvalue weighted by Gasteiger charge is -2.13. The summed E-state index contributed by atoms with van der Waals surface area (Å²) in [5.74, 6) is 3.26. The van der Waals surface area contributed by atoms with Gasteiger partial charge in [-0.2, -0.15) is 5.10 Å². The molecule has 8 heteroatoms. The Morgan fingerprint density at radius 1 is 1.16 bits per heavy atom. The lowest BCUT2D eigenvalue weighted by molar-refractivity contribution is -0.128. The lowest BCUT2D eigenvalue weighted by atomic mass is 10.1. The molecule has 1 unspecified atom stereocenters. The van der Waals surface area contributed by atoms with Crippen LogP contribution >= 0.6 is 0 Å². The molecule has 0 saturated carbocycles. The van der Waals surface area contributed by atoms with Gasteiger partial charge in [-0.05, 0) is 36.8 Å². The number of hydrazone groups is 1. The third-order valence-electron chi connectivity index (χ3n) is 4.20. The molecule has 0 saturated heterocycles. The first kappa shape index (κ1) is 23.3. The zero-order valence-electron chi connectivity index (χ0n) is 17.7. The fourth-order valence-corrected chi connectivity index (χ4v) is 2.61. The van der Waals surface area contributed by atoms with Gasteiger partial charge in [0.05, 0.1) is 26.9 Å². The van der Waals surface area contributed by atoms with E-state index in [0.29, 0.717) is 22.8 Å². The number of nitrogens with one attached hydrogen (secondary N) is 2. The largest absolute Gasteiger partial charge is 0.497 e. The van der Waals surface area contributed by atoms with Crippen molar-refractivity contribution < 1.29 is 23.8 Å². The number of methoxy groups -OCH3 is 2. The third kappa shape index (κ3) is 7.08. The van der Waals surface area contributed by atoms with Gasteiger partial charge in [0.15, 0.2) is 11.5 Å². The summed E-state index contributed by atoms with van der Waals surface area (Å²) >= 11 is 0. The van der Waals surface area contributed by atoms with Crippen LogP contribution in [-0.2, 0) is 16.0 Å². The summed E-state index contributed by atoms with van der Waals surface area (Å²) in [7, 11) is 3.08. The van der Waals surface area contributed by atoms with Gasteiger partial charge >= 0.3 is 0 Å². The molecule has 0 heterocycles. The van der Waals surface area contributed by atoms with E-state index in [1.807, 2.05) is 0 Å². The standard InChI is InChI=1S/C23H25N3O5/c1-5-13-31-22-18(7-6-8-20(22)30-4)15-24-26-23(28)16(2)25-21(27)14-17-9-11-19(29-3)12-10-17/h1,6-12,15-16H,13-14H2,2-4H3,(H,25,27)(H,26,28). The Balaban J connectivity index is 1.92. The maximum Gasteiger partial charge on any atom is 0.262 e. The number of terminal acetylenes is 1. The van der Waals surface area contributed by atoms with Gasteiger partial charge in [0.2, 0.25) is 5.91 Å². The number of ether oxygens (including phenoxy) is 3. The van der Waals surface area contributed by atoms with Crippen LogP contribution in [0.1, 0.15) is 18.1 Å². The molecule has 0 radical (unpaired) electrons. The lowest BCUT2D eigenvalue weighted by Crippen LogP contribution is -2.43. The Hall–Kier alpha value is -3.99. The Morgan fingerprint density at radius 3 is 2.55 bits per heavy atom. The Morgan fingerprint density at radius 2 is 1.90 bits per heavy atom. The molecule has 2 amide bonds. The number of hydrogen-bond acceptors (Lipinski definition) is 6. The topological polar surface area (TPSA) is 98.2 Å². The predicted molar refractivity (Wildman–Crippen MR) is 117 cm³/mol. The number of amides is 2. The summed E-state index contributed by atoms with van der Waals surface area (Å²) in [5, 5.41) is 6.58. The molecule has 8 nitrogen and oxygen atoms in total. The average Bonchev–Trinajstić information content (AvgIpc) is 2.78. The first-order valence-corrected chi connectivity index (χ1v) is 9.47. The zero-order chi connectivity index (χ0) is 22.6. The molecule has 2 aromatic carbocycles. The minimum Gasteiger partial charge on any atom is -0.497 e. The van der Waals surface area contributed by atoms with Gasteiger partial charge in [-0.25, -0.2) is 5.43 Å². The van der Waals surface area contributed by atoms with Crippen molar-refractivity contribution in [3.05, 3.63) is 53.6 Å². The Kier molecular flexibility index (Phi) is 8.92. The molecule has 31 heavy (non-hydrogen) atoms. The van der Waals surface area contributed by atoms with E-state index in [9.17, 15) is 9.59 Å². The molecule has 0 aliphatic rings. The van der Waals surface area contributed by atoms with Crippen LogP contribution in [0.2, 0.25) is 0 Å². The van der Waals surface area contributed by atoms with Crippen LogP contribution in [0.15, 0.2) is 47.6 Å². The SMILES string of the molecule is C#CCOc1c(C=NNC(=O)C(C)NC(=O)Cc2ccc(OC)cc2)cccc1OC. The van der Waals surface area contributed by atoms with Gasteiger partial charge in [-0.3, -0.25) is 9.59 Å². The number of hydrogen-bond donors (Lipinski definition) is 2. The maximum absolute atomic E-state index is 12.2. The zero-order valence-corrected chi connectivity index (χ0v) is 17.7. The molecule has 1 atom stereocenters. The fraction of sp³-hybridized carbons (Fsp3) is 0.261.